The van der Waals surface area contributed by atoms with E-state index in [0.29, 0.717) is 24.6 Å². The van der Waals surface area contributed by atoms with Gasteiger partial charge in [0.25, 0.3) is 5.91 Å². The van der Waals surface area contributed by atoms with Gasteiger partial charge in [0.15, 0.2) is 5.78 Å². The van der Waals surface area contributed by atoms with E-state index in [1.165, 1.54) is 11.0 Å². The van der Waals surface area contributed by atoms with Crippen LogP contribution in [-0.4, -0.2) is 57.8 Å². The maximum Gasteiger partial charge on any atom is 0.411 e. The summed E-state index contributed by atoms with van der Waals surface area (Å²) in [6.07, 6.45) is 5.45. The molecule has 2 aliphatic rings. The number of halogens is 2. The van der Waals surface area contributed by atoms with Gasteiger partial charge in [0, 0.05) is 23.7 Å². The summed E-state index contributed by atoms with van der Waals surface area (Å²) in [5.74, 6) is -5.18. The van der Waals surface area contributed by atoms with E-state index < -0.39 is 35.0 Å². The number of hydrogen-bond acceptors (Lipinski definition) is 5. The number of fused-ring (bicyclic) bond motifs is 1. The van der Waals surface area contributed by atoms with Crippen LogP contribution in [0.1, 0.15) is 83.2 Å². The van der Waals surface area contributed by atoms with Gasteiger partial charge in [-0.15, -0.1) is 0 Å². The molecule has 1 N–H and O–H groups in total. The molecule has 1 saturated carbocycles. The molecule has 3 atom stereocenters. The molecule has 0 aromatic carbocycles. The van der Waals surface area contributed by atoms with E-state index >= 15 is 0 Å². The van der Waals surface area contributed by atoms with Crippen LogP contribution in [0.5, 0.6) is 0 Å². The highest BCUT2D eigenvalue weighted by Crippen LogP contribution is 2.59. The van der Waals surface area contributed by atoms with Crippen molar-refractivity contribution in [2.45, 2.75) is 110 Å². The Morgan fingerprint density at radius 2 is 1.89 bits per heavy atom. The van der Waals surface area contributed by atoms with Gasteiger partial charge in [0.1, 0.15) is 5.60 Å². The van der Waals surface area contributed by atoms with Gasteiger partial charge in [-0.2, -0.15) is 8.78 Å². The fourth-order valence-electron chi connectivity index (χ4n) is 5.08. The van der Waals surface area contributed by atoms with Gasteiger partial charge in [-0.3, -0.25) is 19.5 Å². The van der Waals surface area contributed by atoms with E-state index in [4.69, 9.17) is 4.74 Å². The Kier molecular flexibility index (Phi) is 8.99. The summed E-state index contributed by atoms with van der Waals surface area (Å²) in [6.45, 7) is 11.0. The second-order valence-electron chi connectivity index (χ2n) is 11.8. The Morgan fingerprint density at radius 1 is 1.18 bits per heavy atom. The van der Waals surface area contributed by atoms with Crippen LogP contribution in [0.3, 0.4) is 0 Å². The summed E-state index contributed by atoms with van der Waals surface area (Å²) in [5, 5.41) is 2.39. The quantitative estimate of drug-likeness (QED) is 0.301. The van der Waals surface area contributed by atoms with Crippen molar-refractivity contribution in [2.24, 2.45) is 5.41 Å². The van der Waals surface area contributed by atoms with Crippen LogP contribution in [0.25, 0.3) is 0 Å². The predicted molar refractivity (Wildman–Crippen MR) is 141 cm³/mol. The molecular formula is C29H41F2N3O4. The molecule has 1 saturated heterocycles. The van der Waals surface area contributed by atoms with E-state index in [0.717, 1.165) is 30.5 Å². The van der Waals surface area contributed by atoms with Crippen LogP contribution in [0.2, 0.25) is 0 Å². The molecule has 1 aromatic heterocycles. The molecule has 3 rings (SSSR count). The minimum absolute atomic E-state index is 0.0411. The Hall–Kier alpha value is -2.84. The maximum atomic E-state index is 14.4. The Labute approximate surface area is 224 Å². The zero-order valence-corrected chi connectivity index (χ0v) is 23.4. The van der Waals surface area contributed by atoms with Crippen LogP contribution in [-0.2, 0) is 20.7 Å². The number of hydrogen-bond donors (Lipinski definition) is 1. The van der Waals surface area contributed by atoms with Gasteiger partial charge in [-0.05, 0) is 78.0 Å². The second kappa shape index (κ2) is 11.5. The molecule has 1 aliphatic heterocycles. The molecule has 0 unspecified atom stereocenters. The summed E-state index contributed by atoms with van der Waals surface area (Å²) in [6, 6.07) is 2.63. The second-order valence-corrected chi connectivity index (χ2v) is 11.8. The molecule has 2 fully saturated rings. The lowest BCUT2D eigenvalue weighted by Gasteiger charge is -2.29. The molecule has 210 valence electrons. The SMILES string of the molecule is CCCCCC=CC(F)(F)C(=O)NC[C@@]12C[C@@H](C(=O)Cc3nc(C)ccc3C)N(C(=O)OC(C)(C)C)[C@@H]1C2. The number of nitrogens with one attached hydrogen (secondary N) is 1. The number of ketones is 1. The minimum atomic E-state index is -3.62. The zero-order valence-electron chi connectivity index (χ0n) is 23.4. The number of nitrogens with zero attached hydrogens (tertiary/aromatic N) is 2. The number of ether oxygens (including phenoxy) is 1. The number of aromatic nitrogens is 1. The van der Waals surface area contributed by atoms with Gasteiger partial charge >= 0.3 is 12.0 Å². The third-order valence-corrected chi connectivity index (χ3v) is 7.28. The van der Waals surface area contributed by atoms with Crippen molar-refractivity contribution in [3.63, 3.8) is 0 Å². The van der Waals surface area contributed by atoms with Crippen molar-refractivity contribution >= 4 is 17.8 Å². The van der Waals surface area contributed by atoms with Crippen molar-refractivity contribution in [2.75, 3.05) is 6.54 Å². The van der Waals surface area contributed by atoms with E-state index in [1.54, 1.807) is 20.8 Å². The molecule has 1 aromatic rings. The van der Waals surface area contributed by atoms with Crippen molar-refractivity contribution in [3.8, 4) is 0 Å². The lowest BCUT2D eigenvalue weighted by atomic mass is 9.94. The number of piperidine rings is 1. The number of likely N-dealkylation sites (tertiary alicyclic amines) is 1. The molecule has 38 heavy (non-hydrogen) atoms. The number of carbonyl (C=O) groups is 3. The minimum Gasteiger partial charge on any atom is -0.444 e. The van der Waals surface area contributed by atoms with Crippen molar-refractivity contribution < 1.29 is 27.9 Å². The van der Waals surface area contributed by atoms with E-state index in [1.807, 2.05) is 32.9 Å². The van der Waals surface area contributed by atoms with Gasteiger partial charge in [0.2, 0.25) is 0 Å². The van der Waals surface area contributed by atoms with Crippen LogP contribution >= 0.6 is 0 Å². The normalized spacial score (nSPS) is 22.9. The van der Waals surface area contributed by atoms with Crippen molar-refractivity contribution in [3.05, 3.63) is 41.2 Å². The number of rotatable bonds is 11. The molecule has 0 radical (unpaired) electrons. The average Bonchev–Trinajstić information content (AvgIpc) is 3.41. The monoisotopic (exact) mass is 533 g/mol. The number of pyridine rings is 1. The Morgan fingerprint density at radius 3 is 2.55 bits per heavy atom. The summed E-state index contributed by atoms with van der Waals surface area (Å²) in [5.41, 5.74) is 0.911. The highest BCUT2D eigenvalue weighted by molar-refractivity contribution is 5.91. The number of Topliss-reactive ketones (excluding diaryl/α,β-unsaturated/α-hetero) is 1. The Balaban J connectivity index is 1.72. The number of aryl methyl sites for hydroxylation is 2. The molecule has 7 nitrogen and oxygen atoms in total. The van der Waals surface area contributed by atoms with Crippen molar-refractivity contribution in [1.29, 1.82) is 0 Å². The molecule has 2 heterocycles. The first-order chi connectivity index (χ1) is 17.7. The highest BCUT2D eigenvalue weighted by Gasteiger charge is 2.67. The van der Waals surface area contributed by atoms with Crippen LogP contribution in [0.4, 0.5) is 13.6 Å². The first kappa shape index (κ1) is 29.7. The number of alkyl halides is 2. The molecule has 1 aliphatic carbocycles. The van der Waals surface area contributed by atoms with E-state index in [9.17, 15) is 23.2 Å². The number of allylic oxidation sites excluding steroid dienone is 1. The van der Waals surface area contributed by atoms with Crippen LogP contribution in [0.15, 0.2) is 24.3 Å². The number of amides is 2. The maximum absolute atomic E-state index is 14.4. The lowest BCUT2D eigenvalue weighted by molar-refractivity contribution is -0.139. The predicted octanol–water partition coefficient (Wildman–Crippen LogP) is 5.47. The van der Waals surface area contributed by atoms with Crippen LogP contribution in [0, 0.1) is 19.3 Å². The first-order valence-electron chi connectivity index (χ1n) is 13.5. The van der Waals surface area contributed by atoms with Gasteiger partial charge in [0.05, 0.1) is 18.2 Å². The van der Waals surface area contributed by atoms with E-state index in [-0.39, 0.29) is 31.2 Å². The average molecular weight is 534 g/mol. The number of unbranched alkanes of at least 4 members (excludes halogenated alkanes) is 3. The molecular weight excluding hydrogens is 492 g/mol. The smallest absolute Gasteiger partial charge is 0.411 e. The van der Waals surface area contributed by atoms with Gasteiger partial charge < -0.3 is 10.1 Å². The lowest BCUT2D eigenvalue weighted by Crippen LogP contribution is -2.46. The largest absolute Gasteiger partial charge is 0.444 e. The first-order valence-corrected chi connectivity index (χ1v) is 13.5. The van der Waals surface area contributed by atoms with Crippen LogP contribution < -0.4 is 5.32 Å². The fraction of sp³-hybridized carbons (Fsp3) is 0.655. The molecule has 2 amide bonds. The van der Waals surface area contributed by atoms with Crippen molar-refractivity contribution in [1.82, 2.24) is 15.2 Å². The fourth-order valence-corrected chi connectivity index (χ4v) is 5.08. The third-order valence-electron chi connectivity index (χ3n) is 7.28. The third kappa shape index (κ3) is 7.17. The van der Waals surface area contributed by atoms with Gasteiger partial charge in [-0.1, -0.05) is 31.9 Å². The molecule has 9 heteroatoms. The molecule has 0 bridgehead atoms. The summed E-state index contributed by atoms with van der Waals surface area (Å²) >= 11 is 0. The summed E-state index contributed by atoms with van der Waals surface area (Å²) < 4.78 is 34.4. The van der Waals surface area contributed by atoms with Gasteiger partial charge in [-0.25, -0.2) is 4.79 Å². The zero-order chi connectivity index (χ0) is 28.3. The topological polar surface area (TPSA) is 88.6 Å². The highest BCUT2D eigenvalue weighted by atomic mass is 19.3. The van der Waals surface area contributed by atoms with E-state index in [2.05, 4.69) is 10.3 Å². The standard InChI is InChI=1S/C29H41F2N3O4/c1-7-8-9-10-11-14-29(30,31)25(36)32-18-28-16-22(23(35)15-21-19(2)12-13-20(3)33-21)34(24(28)17-28)26(37)38-27(4,5)6/h11-14,22,24H,7-10,15-18H2,1-6H3,(H,32,36)/t22-,24+,28-/m0/s1. The summed E-state index contributed by atoms with van der Waals surface area (Å²) in [4.78, 5) is 44.9. The summed E-state index contributed by atoms with van der Waals surface area (Å²) in [7, 11) is 0. The number of carbonyl (C=O) groups excluding carboxylic acids is 3. The Bertz CT molecular complexity index is 1080. The molecule has 0 spiro atoms.